The van der Waals surface area contributed by atoms with Gasteiger partial charge < -0.3 is 5.32 Å². The van der Waals surface area contributed by atoms with E-state index in [4.69, 9.17) is 4.98 Å². The van der Waals surface area contributed by atoms with Gasteiger partial charge in [0, 0.05) is 24.4 Å². The van der Waals surface area contributed by atoms with E-state index in [-0.39, 0.29) is 0 Å². The maximum absolute atomic E-state index is 4.81. The quantitative estimate of drug-likeness (QED) is 0.889. The van der Waals surface area contributed by atoms with Crippen molar-refractivity contribution in [2.45, 2.75) is 39.0 Å². The van der Waals surface area contributed by atoms with Gasteiger partial charge in [-0.1, -0.05) is 38.1 Å². The summed E-state index contributed by atoms with van der Waals surface area (Å²) < 4.78 is 0. The molecular formula is C18H23N3. The number of aromatic nitrogens is 2. The number of rotatable bonds is 5. The number of anilines is 1. The molecule has 1 N–H and O–H groups in total. The highest BCUT2D eigenvalue weighted by molar-refractivity contribution is 5.63. The Kier molecular flexibility index (Phi) is 3.91. The lowest BCUT2D eigenvalue weighted by molar-refractivity contribution is 0.635. The predicted molar refractivity (Wildman–Crippen MR) is 87.5 cm³/mol. The fourth-order valence-electron chi connectivity index (χ4n) is 2.72. The van der Waals surface area contributed by atoms with Crippen molar-refractivity contribution < 1.29 is 0 Å². The fourth-order valence-corrected chi connectivity index (χ4v) is 2.72. The third-order valence-corrected chi connectivity index (χ3v) is 3.87. The van der Waals surface area contributed by atoms with Crippen molar-refractivity contribution in [1.82, 2.24) is 9.97 Å². The molecule has 2 aromatic rings. The van der Waals surface area contributed by atoms with E-state index < -0.39 is 0 Å². The van der Waals surface area contributed by atoms with Gasteiger partial charge in [-0.25, -0.2) is 9.97 Å². The minimum atomic E-state index is 0.594. The van der Waals surface area contributed by atoms with E-state index in [0.717, 1.165) is 23.8 Å². The van der Waals surface area contributed by atoms with Crippen LogP contribution in [-0.2, 0) is 6.42 Å². The van der Waals surface area contributed by atoms with Gasteiger partial charge in [-0.15, -0.1) is 0 Å². The van der Waals surface area contributed by atoms with E-state index in [1.165, 1.54) is 24.0 Å². The molecule has 3 heteroatoms. The summed E-state index contributed by atoms with van der Waals surface area (Å²) in [6.07, 6.45) is 3.57. The van der Waals surface area contributed by atoms with E-state index in [1.807, 2.05) is 7.05 Å². The molecule has 3 rings (SSSR count). The Bertz CT molecular complexity index is 630. The molecule has 0 radical (unpaired) electrons. The van der Waals surface area contributed by atoms with Crippen LogP contribution in [0.1, 0.15) is 43.9 Å². The summed E-state index contributed by atoms with van der Waals surface area (Å²) in [4.78, 5) is 9.49. The molecule has 1 saturated carbocycles. The van der Waals surface area contributed by atoms with Crippen molar-refractivity contribution in [3.05, 3.63) is 41.6 Å². The first-order valence-corrected chi connectivity index (χ1v) is 7.82. The molecule has 0 bridgehead atoms. The first kappa shape index (κ1) is 14.1. The fraction of sp³-hybridized carbons (Fsp3) is 0.444. The molecule has 1 aliphatic rings. The van der Waals surface area contributed by atoms with Crippen molar-refractivity contribution in [2.24, 2.45) is 5.92 Å². The van der Waals surface area contributed by atoms with E-state index in [9.17, 15) is 0 Å². The van der Waals surface area contributed by atoms with Crippen LogP contribution in [0.5, 0.6) is 0 Å². The Morgan fingerprint density at radius 1 is 1.19 bits per heavy atom. The SMILES string of the molecule is CNc1cc(CC(C)C)nc(-c2ccccc2C2CC2)n1. The Morgan fingerprint density at radius 3 is 2.62 bits per heavy atom. The van der Waals surface area contributed by atoms with Crippen LogP contribution >= 0.6 is 0 Å². The van der Waals surface area contributed by atoms with Crippen LogP contribution in [0.4, 0.5) is 5.82 Å². The van der Waals surface area contributed by atoms with E-state index >= 15 is 0 Å². The molecule has 0 unspecified atom stereocenters. The smallest absolute Gasteiger partial charge is 0.162 e. The number of hydrogen-bond acceptors (Lipinski definition) is 3. The monoisotopic (exact) mass is 281 g/mol. The Labute approximate surface area is 126 Å². The summed E-state index contributed by atoms with van der Waals surface area (Å²) in [5.74, 6) is 3.06. The normalized spacial score (nSPS) is 14.5. The van der Waals surface area contributed by atoms with Gasteiger partial charge >= 0.3 is 0 Å². The molecule has 0 amide bonds. The lowest BCUT2D eigenvalue weighted by Crippen LogP contribution is -2.04. The highest BCUT2D eigenvalue weighted by Gasteiger charge is 2.26. The van der Waals surface area contributed by atoms with Crippen molar-refractivity contribution in [2.75, 3.05) is 12.4 Å². The molecule has 0 aliphatic heterocycles. The third kappa shape index (κ3) is 3.23. The number of nitrogens with zero attached hydrogens (tertiary/aromatic N) is 2. The Balaban J connectivity index is 2.05. The van der Waals surface area contributed by atoms with Crippen LogP contribution in [0, 0.1) is 5.92 Å². The van der Waals surface area contributed by atoms with E-state index in [2.05, 4.69) is 54.5 Å². The highest BCUT2D eigenvalue weighted by atomic mass is 15.0. The average molecular weight is 281 g/mol. The summed E-state index contributed by atoms with van der Waals surface area (Å²) in [6.45, 7) is 4.44. The molecule has 110 valence electrons. The molecule has 21 heavy (non-hydrogen) atoms. The second kappa shape index (κ2) is 5.84. The van der Waals surface area contributed by atoms with Gasteiger partial charge in [0.2, 0.25) is 0 Å². The van der Waals surface area contributed by atoms with Crippen molar-refractivity contribution in [3.63, 3.8) is 0 Å². The van der Waals surface area contributed by atoms with E-state index in [1.54, 1.807) is 0 Å². The largest absolute Gasteiger partial charge is 0.373 e. The maximum atomic E-state index is 4.81. The van der Waals surface area contributed by atoms with Gasteiger partial charge in [-0.2, -0.15) is 0 Å². The van der Waals surface area contributed by atoms with Crippen molar-refractivity contribution in [1.29, 1.82) is 0 Å². The van der Waals surface area contributed by atoms with Gasteiger partial charge in [-0.05, 0) is 36.7 Å². The topological polar surface area (TPSA) is 37.8 Å². The minimum Gasteiger partial charge on any atom is -0.373 e. The second-order valence-corrected chi connectivity index (χ2v) is 6.28. The summed E-state index contributed by atoms with van der Waals surface area (Å²) in [5.41, 5.74) is 3.72. The Hall–Kier alpha value is -1.90. The zero-order valence-corrected chi connectivity index (χ0v) is 13.1. The summed E-state index contributed by atoms with van der Waals surface area (Å²) in [5, 5.41) is 3.16. The van der Waals surface area contributed by atoms with Crippen molar-refractivity contribution >= 4 is 5.82 Å². The summed E-state index contributed by atoms with van der Waals surface area (Å²) in [7, 11) is 1.91. The molecule has 1 aliphatic carbocycles. The van der Waals surface area contributed by atoms with Gasteiger partial charge in [0.1, 0.15) is 5.82 Å². The molecule has 0 saturated heterocycles. The average Bonchev–Trinajstić information content (AvgIpc) is 3.30. The van der Waals surface area contributed by atoms with Crippen molar-refractivity contribution in [3.8, 4) is 11.4 Å². The van der Waals surface area contributed by atoms with Crippen LogP contribution in [-0.4, -0.2) is 17.0 Å². The van der Waals surface area contributed by atoms with Crippen LogP contribution in [0.3, 0.4) is 0 Å². The number of nitrogens with one attached hydrogen (secondary N) is 1. The van der Waals surface area contributed by atoms with Gasteiger partial charge in [0.15, 0.2) is 5.82 Å². The third-order valence-electron chi connectivity index (χ3n) is 3.87. The van der Waals surface area contributed by atoms with Crippen LogP contribution in [0.2, 0.25) is 0 Å². The first-order chi connectivity index (χ1) is 10.2. The second-order valence-electron chi connectivity index (χ2n) is 6.28. The minimum absolute atomic E-state index is 0.594. The number of hydrogen-bond donors (Lipinski definition) is 1. The van der Waals surface area contributed by atoms with Crippen LogP contribution < -0.4 is 5.32 Å². The summed E-state index contributed by atoms with van der Waals surface area (Å²) in [6, 6.07) is 10.6. The zero-order chi connectivity index (χ0) is 14.8. The maximum Gasteiger partial charge on any atom is 0.162 e. The van der Waals surface area contributed by atoms with Crippen LogP contribution in [0.25, 0.3) is 11.4 Å². The zero-order valence-electron chi connectivity index (χ0n) is 13.1. The van der Waals surface area contributed by atoms with E-state index in [0.29, 0.717) is 11.8 Å². The van der Waals surface area contributed by atoms with Gasteiger partial charge in [-0.3, -0.25) is 0 Å². The molecular weight excluding hydrogens is 258 g/mol. The molecule has 1 aromatic carbocycles. The highest BCUT2D eigenvalue weighted by Crippen LogP contribution is 2.43. The first-order valence-electron chi connectivity index (χ1n) is 7.82. The van der Waals surface area contributed by atoms with Gasteiger partial charge in [0.25, 0.3) is 0 Å². The summed E-state index contributed by atoms with van der Waals surface area (Å²) >= 11 is 0. The lowest BCUT2D eigenvalue weighted by Gasteiger charge is -2.12. The molecule has 1 heterocycles. The molecule has 0 atom stereocenters. The molecule has 1 fully saturated rings. The lowest BCUT2D eigenvalue weighted by atomic mass is 10.0. The number of benzene rings is 1. The molecule has 3 nitrogen and oxygen atoms in total. The standard InChI is InChI=1S/C18H23N3/c1-12(2)10-14-11-17(19-3)21-18(20-14)16-7-5-4-6-15(16)13-8-9-13/h4-7,11-13H,8-10H2,1-3H3,(H,19,20,21). The van der Waals surface area contributed by atoms with Gasteiger partial charge in [0.05, 0.1) is 0 Å². The predicted octanol–water partition coefficient (Wildman–Crippen LogP) is 4.26. The Morgan fingerprint density at radius 2 is 1.95 bits per heavy atom. The molecule has 1 aromatic heterocycles. The van der Waals surface area contributed by atoms with Crippen LogP contribution in [0.15, 0.2) is 30.3 Å². The molecule has 0 spiro atoms.